The summed E-state index contributed by atoms with van der Waals surface area (Å²) in [5.41, 5.74) is 1.42. The zero-order valence-electron chi connectivity index (χ0n) is 12.6. The molecule has 0 saturated heterocycles. The number of nitrogens with zero attached hydrogens (tertiary/aromatic N) is 2. The summed E-state index contributed by atoms with van der Waals surface area (Å²) in [6.07, 6.45) is -0.229. The van der Waals surface area contributed by atoms with Crippen LogP contribution in [0, 0.1) is 5.82 Å². The highest BCUT2D eigenvalue weighted by atomic mass is 19.4. The molecule has 25 heavy (non-hydrogen) atoms. The summed E-state index contributed by atoms with van der Waals surface area (Å²) >= 11 is 0. The summed E-state index contributed by atoms with van der Waals surface area (Å²) in [6, 6.07) is 9.42. The third-order valence-corrected chi connectivity index (χ3v) is 3.18. The number of alkyl halides is 3. The van der Waals surface area contributed by atoms with Crippen LogP contribution in [-0.4, -0.2) is 16.3 Å². The van der Waals surface area contributed by atoms with Crippen LogP contribution in [-0.2, 0) is 0 Å². The van der Waals surface area contributed by atoms with Crippen LogP contribution >= 0.6 is 0 Å². The first-order chi connectivity index (χ1) is 11.9. The SMILES string of the molecule is Fc1ccc(OC(F)(F)F)cc1-c1cc(Nc2ccncc2)ccn1. The van der Waals surface area contributed by atoms with Crippen LogP contribution in [0.1, 0.15) is 0 Å². The first-order valence-electron chi connectivity index (χ1n) is 7.09. The number of nitrogens with one attached hydrogen (secondary N) is 1. The first kappa shape index (κ1) is 16.7. The third-order valence-electron chi connectivity index (χ3n) is 3.18. The average Bonchev–Trinajstić information content (AvgIpc) is 2.56. The van der Waals surface area contributed by atoms with Crippen molar-refractivity contribution in [1.82, 2.24) is 9.97 Å². The maximum Gasteiger partial charge on any atom is 0.573 e. The van der Waals surface area contributed by atoms with Crippen LogP contribution < -0.4 is 10.1 Å². The highest BCUT2D eigenvalue weighted by Crippen LogP contribution is 2.30. The lowest BCUT2D eigenvalue weighted by atomic mass is 10.1. The summed E-state index contributed by atoms with van der Waals surface area (Å²) in [4.78, 5) is 7.92. The Hall–Kier alpha value is -3.16. The fourth-order valence-corrected chi connectivity index (χ4v) is 2.16. The summed E-state index contributed by atoms with van der Waals surface area (Å²) in [7, 11) is 0. The highest BCUT2D eigenvalue weighted by molar-refractivity contribution is 5.68. The Morgan fingerprint density at radius 2 is 1.60 bits per heavy atom. The maximum absolute atomic E-state index is 14.0. The smallest absolute Gasteiger partial charge is 0.406 e. The summed E-state index contributed by atoms with van der Waals surface area (Å²) in [5.74, 6) is -1.22. The zero-order chi connectivity index (χ0) is 17.9. The van der Waals surface area contributed by atoms with Gasteiger partial charge in [0.15, 0.2) is 0 Å². The normalized spacial score (nSPS) is 11.2. The van der Waals surface area contributed by atoms with Gasteiger partial charge in [0.25, 0.3) is 0 Å². The molecule has 8 heteroatoms. The Balaban J connectivity index is 1.91. The average molecular weight is 349 g/mol. The van der Waals surface area contributed by atoms with Gasteiger partial charge in [-0.15, -0.1) is 13.2 Å². The van der Waals surface area contributed by atoms with Crippen molar-refractivity contribution >= 4 is 11.4 Å². The standard InChI is InChI=1S/C17H11F4N3O/c18-15-2-1-13(25-17(19,20)21)10-14(15)16-9-12(5-8-23-16)24-11-3-6-22-7-4-11/h1-10H,(H,22,23,24). The van der Waals surface area contributed by atoms with E-state index in [1.54, 1.807) is 30.6 Å². The van der Waals surface area contributed by atoms with E-state index in [0.717, 1.165) is 23.9 Å². The van der Waals surface area contributed by atoms with Gasteiger partial charge in [-0.1, -0.05) is 0 Å². The Morgan fingerprint density at radius 1 is 0.880 bits per heavy atom. The van der Waals surface area contributed by atoms with Crippen molar-refractivity contribution in [3.05, 3.63) is 66.9 Å². The van der Waals surface area contributed by atoms with Crippen LogP contribution in [0.15, 0.2) is 61.1 Å². The number of ether oxygens (including phenoxy) is 1. The van der Waals surface area contributed by atoms with Crippen LogP contribution in [0.3, 0.4) is 0 Å². The summed E-state index contributed by atoms with van der Waals surface area (Å²) in [6.45, 7) is 0. The number of hydrogen-bond acceptors (Lipinski definition) is 4. The van der Waals surface area contributed by atoms with E-state index in [-0.39, 0.29) is 11.3 Å². The quantitative estimate of drug-likeness (QED) is 0.679. The highest BCUT2D eigenvalue weighted by Gasteiger charge is 2.31. The van der Waals surface area contributed by atoms with E-state index >= 15 is 0 Å². The third kappa shape index (κ3) is 4.43. The molecule has 128 valence electrons. The van der Waals surface area contributed by atoms with Crippen molar-refractivity contribution in [1.29, 1.82) is 0 Å². The molecule has 1 aromatic carbocycles. The lowest BCUT2D eigenvalue weighted by Crippen LogP contribution is -2.17. The van der Waals surface area contributed by atoms with E-state index in [4.69, 9.17) is 0 Å². The molecule has 2 heterocycles. The molecular weight excluding hydrogens is 338 g/mol. The van der Waals surface area contributed by atoms with Gasteiger partial charge >= 0.3 is 6.36 Å². The van der Waals surface area contributed by atoms with E-state index in [2.05, 4.69) is 20.0 Å². The Labute approximate surface area is 140 Å². The van der Waals surface area contributed by atoms with Crippen molar-refractivity contribution in [2.45, 2.75) is 6.36 Å². The molecule has 2 aromatic heterocycles. The van der Waals surface area contributed by atoms with Gasteiger partial charge < -0.3 is 10.1 Å². The zero-order valence-corrected chi connectivity index (χ0v) is 12.6. The maximum atomic E-state index is 14.0. The Bertz CT molecular complexity index is 869. The van der Waals surface area contributed by atoms with E-state index in [9.17, 15) is 17.6 Å². The number of pyridine rings is 2. The number of anilines is 2. The van der Waals surface area contributed by atoms with Crippen LogP contribution in [0.4, 0.5) is 28.9 Å². The fraction of sp³-hybridized carbons (Fsp3) is 0.0588. The largest absolute Gasteiger partial charge is 0.573 e. The van der Waals surface area contributed by atoms with E-state index in [1.165, 1.54) is 12.3 Å². The summed E-state index contributed by atoms with van der Waals surface area (Å²) < 4.78 is 54.9. The molecule has 0 aliphatic rings. The molecule has 0 aliphatic carbocycles. The molecule has 0 unspecified atom stereocenters. The molecule has 0 amide bonds. The minimum atomic E-state index is -4.85. The molecular formula is C17H11F4N3O. The molecule has 0 atom stereocenters. The predicted octanol–water partition coefficient (Wildman–Crippen LogP) is 4.92. The van der Waals surface area contributed by atoms with E-state index in [1.807, 2.05) is 0 Å². The van der Waals surface area contributed by atoms with Crippen LogP contribution in [0.25, 0.3) is 11.3 Å². The Kier molecular flexibility index (Phi) is 4.51. The number of halogens is 4. The lowest BCUT2D eigenvalue weighted by Gasteiger charge is -2.11. The monoisotopic (exact) mass is 349 g/mol. The molecule has 0 saturated carbocycles. The number of rotatable bonds is 4. The molecule has 1 N–H and O–H groups in total. The van der Waals surface area contributed by atoms with Gasteiger partial charge in [-0.3, -0.25) is 9.97 Å². The second-order valence-corrected chi connectivity index (χ2v) is 4.98. The minimum absolute atomic E-state index is 0.0971. The van der Waals surface area contributed by atoms with E-state index in [0.29, 0.717) is 5.69 Å². The van der Waals surface area contributed by atoms with Crippen LogP contribution in [0.2, 0.25) is 0 Å². The van der Waals surface area contributed by atoms with Crippen molar-refractivity contribution in [2.75, 3.05) is 5.32 Å². The Morgan fingerprint density at radius 3 is 2.32 bits per heavy atom. The van der Waals surface area contributed by atoms with Gasteiger partial charge in [0.1, 0.15) is 11.6 Å². The van der Waals surface area contributed by atoms with Gasteiger partial charge in [-0.25, -0.2) is 4.39 Å². The second-order valence-electron chi connectivity index (χ2n) is 4.98. The number of benzene rings is 1. The molecule has 0 aliphatic heterocycles. The van der Waals surface area contributed by atoms with Gasteiger partial charge in [-0.05, 0) is 42.5 Å². The second kappa shape index (κ2) is 6.76. The molecule has 0 bridgehead atoms. The first-order valence-corrected chi connectivity index (χ1v) is 7.09. The minimum Gasteiger partial charge on any atom is -0.406 e. The van der Waals surface area contributed by atoms with Crippen molar-refractivity contribution < 1.29 is 22.3 Å². The van der Waals surface area contributed by atoms with Crippen LogP contribution in [0.5, 0.6) is 5.75 Å². The van der Waals surface area contributed by atoms with Gasteiger partial charge in [0.05, 0.1) is 5.69 Å². The van der Waals surface area contributed by atoms with Gasteiger partial charge in [-0.2, -0.15) is 0 Å². The molecule has 4 nitrogen and oxygen atoms in total. The van der Waals surface area contributed by atoms with E-state index < -0.39 is 17.9 Å². The van der Waals surface area contributed by atoms with Gasteiger partial charge in [0, 0.05) is 35.5 Å². The number of hydrogen-bond donors (Lipinski definition) is 1. The molecule has 3 aromatic rings. The fourth-order valence-electron chi connectivity index (χ4n) is 2.16. The van der Waals surface area contributed by atoms with Gasteiger partial charge in [0.2, 0.25) is 0 Å². The predicted molar refractivity (Wildman–Crippen MR) is 83.8 cm³/mol. The lowest BCUT2D eigenvalue weighted by molar-refractivity contribution is -0.274. The molecule has 0 fully saturated rings. The van der Waals surface area contributed by atoms with Crippen molar-refractivity contribution in [2.24, 2.45) is 0 Å². The van der Waals surface area contributed by atoms with Crippen molar-refractivity contribution in [3.63, 3.8) is 0 Å². The molecule has 0 radical (unpaired) electrons. The topological polar surface area (TPSA) is 47.0 Å². The number of aromatic nitrogens is 2. The van der Waals surface area contributed by atoms with Crippen molar-refractivity contribution in [3.8, 4) is 17.0 Å². The summed E-state index contributed by atoms with van der Waals surface area (Å²) in [5, 5.41) is 3.07. The molecule has 0 spiro atoms. The molecule has 3 rings (SSSR count).